The monoisotopic (exact) mass is 428 g/mol. The van der Waals surface area contributed by atoms with Gasteiger partial charge in [0.1, 0.15) is 54.9 Å². The third kappa shape index (κ3) is 4.72. The average molecular weight is 428 g/mol. The van der Waals surface area contributed by atoms with Crippen LogP contribution >= 0.6 is 0 Å². The second kappa shape index (κ2) is 9.32. The van der Waals surface area contributed by atoms with Gasteiger partial charge in [-0.2, -0.15) is 0 Å². The van der Waals surface area contributed by atoms with Gasteiger partial charge in [0, 0.05) is 0 Å². The number of hydrogen-bond acceptors (Lipinski definition) is 13. The molecule has 0 amide bonds. The van der Waals surface area contributed by atoms with E-state index in [0.29, 0.717) is 0 Å². The molecule has 0 aromatic rings. The highest BCUT2D eigenvalue weighted by molar-refractivity contribution is 4.92. The van der Waals surface area contributed by atoms with E-state index in [9.17, 15) is 40.9 Å². The van der Waals surface area contributed by atoms with Crippen LogP contribution in [-0.2, 0) is 23.7 Å². The summed E-state index contributed by atoms with van der Waals surface area (Å²) in [6.07, 6.45) is -18.7. The molecule has 0 bridgehead atoms. The smallest absolute Gasteiger partial charge is 0.187 e. The minimum atomic E-state index is -1.70. The number of hydrogen-bond donors (Lipinski definition) is 8. The molecule has 0 radical (unpaired) electrons. The molecule has 3 aliphatic rings. The second-order valence-corrected chi connectivity index (χ2v) is 7.42. The van der Waals surface area contributed by atoms with Crippen LogP contribution in [0.1, 0.15) is 6.92 Å². The number of rotatable bonds is 4. The number of aliphatic hydroxyl groups excluding tert-OH is 8. The average Bonchev–Trinajstić information content (AvgIpc) is 2.68. The lowest BCUT2D eigenvalue weighted by Crippen LogP contribution is -2.63. The lowest BCUT2D eigenvalue weighted by atomic mass is 9.98. The van der Waals surface area contributed by atoms with Gasteiger partial charge in [0.15, 0.2) is 18.9 Å². The van der Waals surface area contributed by atoms with E-state index in [2.05, 4.69) is 0 Å². The molecule has 3 fully saturated rings. The van der Waals surface area contributed by atoms with Crippen LogP contribution in [0.3, 0.4) is 0 Å². The first-order valence-electron chi connectivity index (χ1n) is 9.26. The number of ether oxygens (including phenoxy) is 5. The Morgan fingerprint density at radius 1 is 0.621 bits per heavy atom. The molecule has 0 aromatic carbocycles. The minimum absolute atomic E-state index is 0.310. The molecule has 3 heterocycles. The van der Waals surface area contributed by atoms with Gasteiger partial charge in [-0.05, 0) is 6.92 Å². The molecule has 3 aliphatic heterocycles. The standard InChI is InChI=1S/C16H28O13/c1-4-12(28-15-10(22)7(19)5(17)3-26-15)9(21)11(23)16(27-4)29-13-8(20)6(18)2-25-14(13)24/h4-24H,2-3H2,1H3. The van der Waals surface area contributed by atoms with Gasteiger partial charge < -0.3 is 64.5 Å². The SMILES string of the molecule is CC1OC(OC2C(O)OCC(O)C2O)C(O)C(O)C1OC1OCC(O)C(O)C1O. The van der Waals surface area contributed by atoms with Gasteiger partial charge in [0.2, 0.25) is 0 Å². The predicted octanol–water partition coefficient (Wildman–Crippen LogP) is -5.27. The first-order valence-corrected chi connectivity index (χ1v) is 9.26. The highest BCUT2D eigenvalue weighted by atomic mass is 16.7. The van der Waals surface area contributed by atoms with Crippen molar-refractivity contribution in [2.75, 3.05) is 13.2 Å². The quantitative estimate of drug-likeness (QED) is 0.211. The fourth-order valence-electron chi connectivity index (χ4n) is 3.44. The summed E-state index contributed by atoms with van der Waals surface area (Å²) in [7, 11) is 0. The second-order valence-electron chi connectivity index (χ2n) is 7.42. The van der Waals surface area contributed by atoms with Gasteiger partial charge >= 0.3 is 0 Å². The highest BCUT2D eigenvalue weighted by Crippen LogP contribution is 2.30. The molecule has 170 valence electrons. The van der Waals surface area contributed by atoms with Crippen LogP contribution in [-0.4, -0.2) is 134 Å². The Morgan fingerprint density at radius 3 is 1.86 bits per heavy atom. The third-order valence-corrected chi connectivity index (χ3v) is 5.26. The van der Waals surface area contributed by atoms with E-state index >= 15 is 0 Å². The molecule has 3 rings (SSSR count). The van der Waals surface area contributed by atoms with Gasteiger partial charge in [-0.25, -0.2) is 0 Å². The molecule has 13 nitrogen and oxygen atoms in total. The van der Waals surface area contributed by atoms with E-state index in [-0.39, 0.29) is 13.2 Å². The van der Waals surface area contributed by atoms with Crippen LogP contribution in [0.5, 0.6) is 0 Å². The zero-order valence-corrected chi connectivity index (χ0v) is 15.5. The molecule has 29 heavy (non-hydrogen) atoms. The van der Waals surface area contributed by atoms with Gasteiger partial charge in [-0.3, -0.25) is 0 Å². The largest absolute Gasteiger partial charge is 0.388 e. The molecular formula is C16H28O13. The fourth-order valence-corrected chi connectivity index (χ4v) is 3.44. The van der Waals surface area contributed by atoms with Gasteiger partial charge in [-0.15, -0.1) is 0 Å². The van der Waals surface area contributed by atoms with Crippen LogP contribution in [0.4, 0.5) is 0 Å². The van der Waals surface area contributed by atoms with Crippen LogP contribution < -0.4 is 0 Å². The Kier molecular flexibility index (Phi) is 7.44. The van der Waals surface area contributed by atoms with E-state index in [0.717, 1.165) is 0 Å². The fraction of sp³-hybridized carbons (Fsp3) is 1.00. The molecule has 13 heteroatoms. The van der Waals surface area contributed by atoms with Crippen molar-refractivity contribution in [2.45, 2.75) is 86.8 Å². The van der Waals surface area contributed by atoms with Gasteiger partial charge in [0.25, 0.3) is 0 Å². The Hall–Kier alpha value is -0.520. The maximum absolute atomic E-state index is 10.4. The molecular weight excluding hydrogens is 400 g/mol. The zero-order chi connectivity index (χ0) is 21.5. The Labute approximate surface area is 165 Å². The van der Waals surface area contributed by atoms with E-state index in [1.807, 2.05) is 0 Å². The normalized spacial score (nSPS) is 54.3. The molecule has 0 aromatic heterocycles. The van der Waals surface area contributed by atoms with E-state index in [1.54, 1.807) is 0 Å². The summed E-state index contributed by atoms with van der Waals surface area (Å²) in [5.74, 6) is 0. The summed E-state index contributed by atoms with van der Waals surface area (Å²) in [4.78, 5) is 0. The van der Waals surface area contributed by atoms with Crippen molar-refractivity contribution in [1.82, 2.24) is 0 Å². The summed E-state index contributed by atoms with van der Waals surface area (Å²) in [6, 6.07) is 0. The van der Waals surface area contributed by atoms with Crippen molar-refractivity contribution in [1.29, 1.82) is 0 Å². The van der Waals surface area contributed by atoms with Crippen LogP contribution in [0, 0.1) is 0 Å². The van der Waals surface area contributed by atoms with E-state index in [1.165, 1.54) is 6.92 Å². The summed E-state index contributed by atoms with van der Waals surface area (Å²) in [6.45, 7) is 0.847. The molecule has 3 saturated heterocycles. The Balaban J connectivity index is 1.63. The lowest BCUT2D eigenvalue weighted by Gasteiger charge is -2.46. The number of aliphatic hydroxyl groups is 8. The van der Waals surface area contributed by atoms with Gasteiger partial charge in [0.05, 0.1) is 19.3 Å². The van der Waals surface area contributed by atoms with Crippen molar-refractivity contribution in [2.24, 2.45) is 0 Å². The summed E-state index contributed by atoms with van der Waals surface area (Å²) >= 11 is 0. The predicted molar refractivity (Wildman–Crippen MR) is 87.8 cm³/mol. The van der Waals surface area contributed by atoms with Gasteiger partial charge in [-0.1, -0.05) is 0 Å². The maximum atomic E-state index is 10.4. The van der Waals surface area contributed by atoms with Crippen LogP contribution in [0.25, 0.3) is 0 Å². The molecule has 13 atom stereocenters. The summed E-state index contributed by atoms with van der Waals surface area (Å²) in [5, 5.41) is 79.4. The summed E-state index contributed by atoms with van der Waals surface area (Å²) in [5.41, 5.74) is 0. The Bertz CT molecular complexity index is 537. The maximum Gasteiger partial charge on any atom is 0.187 e. The van der Waals surface area contributed by atoms with E-state index in [4.69, 9.17) is 23.7 Å². The van der Waals surface area contributed by atoms with Crippen molar-refractivity contribution in [3.63, 3.8) is 0 Å². The van der Waals surface area contributed by atoms with Crippen molar-refractivity contribution in [3.05, 3.63) is 0 Å². The highest BCUT2D eigenvalue weighted by Gasteiger charge is 2.50. The van der Waals surface area contributed by atoms with Crippen molar-refractivity contribution >= 4 is 0 Å². The minimum Gasteiger partial charge on any atom is -0.388 e. The Morgan fingerprint density at radius 2 is 1.17 bits per heavy atom. The molecule has 13 unspecified atom stereocenters. The van der Waals surface area contributed by atoms with Crippen LogP contribution in [0.2, 0.25) is 0 Å². The van der Waals surface area contributed by atoms with Crippen LogP contribution in [0.15, 0.2) is 0 Å². The van der Waals surface area contributed by atoms with Crippen molar-refractivity contribution < 1.29 is 64.5 Å². The molecule has 0 saturated carbocycles. The molecule has 0 spiro atoms. The third-order valence-electron chi connectivity index (χ3n) is 5.26. The molecule has 8 N–H and O–H groups in total. The molecule has 0 aliphatic carbocycles. The van der Waals surface area contributed by atoms with E-state index < -0.39 is 79.9 Å². The zero-order valence-electron chi connectivity index (χ0n) is 15.5. The topological polar surface area (TPSA) is 208 Å². The first kappa shape index (κ1) is 23.1. The first-order chi connectivity index (χ1) is 13.6. The lowest BCUT2D eigenvalue weighted by molar-refractivity contribution is -0.367. The van der Waals surface area contributed by atoms with Crippen molar-refractivity contribution in [3.8, 4) is 0 Å². The summed E-state index contributed by atoms with van der Waals surface area (Å²) < 4.78 is 26.3.